The lowest BCUT2D eigenvalue weighted by Crippen LogP contribution is -2.33. The zero-order valence-electron chi connectivity index (χ0n) is 18.8. The van der Waals surface area contributed by atoms with Gasteiger partial charge in [0, 0.05) is 24.1 Å². The maximum atomic E-state index is 12.3. The lowest BCUT2D eigenvalue weighted by atomic mass is 10.0. The smallest absolute Gasteiger partial charge is 0.355 e. The van der Waals surface area contributed by atoms with Gasteiger partial charge in [-0.05, 0) is 42.0 Å². The van der Waals surface area contributed by atoms with Crippen LogP contribution in [0.4, 0.5) is 0 Å². The van der Waals surface area contributed by atoms with E-state index >= 15 is 0 Å². The quantitative estimate of drug-likeness (QED) is 0.286. The highest BCUT2D eigenvalue weighted by molar-refractivity contribution is 8.01. The zero-order valence-corrected chi connectivity index (χ0v) is 20.4. The van der Waals surface area contributed by atoms with Gasteiger partial charge in [-0.3, -0.25) is 4.79 Å². The van der Waals surface area contributed by atoms with Gasteiger partial charge < -0.3 is 15.1 Å². The topological polar surface area (TPSA) is 90.7 Å². The van der Waals surface area contributed by atoms with Gasteiger partial charge in [-0.25, -0.2) is 9.78 Å². The summed E-state index contributed by atoms with van der Waals surface area (Å²) in [5, 5.41) is 23.4. The van der Waals surface area contributed by atoms with Crippen LogP contribution in [0, 0.1) is 0 Å². The van der Waals surface area contributed by atoms with Crippen molar-refractivity contribution in [2.45, 2.75) is 48.6 Å². The molecule has 1 amide bonds. The molecule has 2 N–H and O–H groups in total. The second kappa shape index (κ2) is 11.6. The van der Waals surface area contributed by atoms with Crippen LogP contribution in [0.5, 0.6) is 0 Å². The van der Waals surface area contributed by atoms with Crippen LogP contribution >= 0.6 is 23.1 Å². The zero-order chi connectivity index (χ0) is 23.9. The molecule has 1 saturated heterocycles. The first-order valence-corrected chi connectivity index (χ1v) is 13.3. The summed E-state index contributed by atoms with van der Waals surface area (Å²) in [5.74, 6) is -0.262. The SMILES string of the molecule is O=C(O)c1csc(SCCN2C(=O)CC[C@@H]2/C=C/[C@@H](O)CCCc2ccc3ccccc3c2)n1. The largest absolute Gasteiger partial charge is 0.476 e. The fourth-order valence-electron chi connectivity index (χ4n) is 4.16. The molecule has 1 fully saturated rings. The van der Waals surface area contributed by atoms with Crippen molar-refractivity contribution in [3.63, 3.8) is 0 Å². The molecule has 34 heavy (non-hydrogen) atoms. The van der Waals surface area contributed by atoms with E-state index in [1.807, 2.05) is 29.2 Å². The van der Waals surface area contributed by atoms with Crippen molar-refractivity contribution in [3.8, 4) is 0 Å². The number of nitrogens with zero attached hydrogens (tertiary/aromatic N) is 2. The number of hydrogen-bond donors (Lipinski definition) is 2. The van der Waals surface area contributed by atoms with Gasteiger partial charge in [0.05, 0.1) is 12.1 Å². The Hall–Kier alpha value is -2.68. The number of aromatic carboxylic acids is 1. The molecule has 178 valence electrons. The van der Waals surface area contributed by atoms with Crippen LogP contribution in [-0.2, 0) is 11.2 Å². The minimum absolute atomic E-state index is 0.00545. The summed E-state index contributed by atoms with van der Waals surface area (Å²) in [5.41, 5.74) is 1.33. The lowest BCUT2D eigenvalue weighted by molar-refractivity contribution is -0.128. The number of aryl methyl sites for hydroxylation is 1. The molecule has 0 aliphatic carbocycles. The van der Waals surface area contributed by atoms with E-state index in [0.717, 1.165) is 19.3 Å². The number of carbonyl (C=O) groups excluding carboxylic acids is 1. The number of likely N-dealkylation sites (tertiary alicyclic amines) is 1. The Morgan fingerprint density at radius 1 is 1.26 bits per heavy atom. The van der Waals surface area contributed by atoms with Gasteiger partial charge in [-0.15, -0.1) is 11.3 Å². The van der Waals surface area contributed by atoms with Crippen molar-refractivity contribution in [3.05, 3.63) is 71.3 Å². The normalized spacial score (nSPS) is 17.1. The van der Waals surface area contributed by atoms with Crippen LogP contribution in [0.2, 0.25) is 0 Å². The van der Waals surface area contributed by atoms with Gasteiger partial charge in [0.25, 0.3) is 0 Å². The van der Waals surface area contributed by atoms with Crippen molar-refractivity contribution in [1.82, 2.24) is 9.88 Å². The standard InChI is InChI=1S/C26H28N2O4S2/c29-22(7-3-4-18-8-9-19-5-1-2-6-20(19)16-18)12-10-21-11-13-24(30)28(21)14-15-33-26-27-23(17-34-26)25(31)32/h1-2,5-6,8-10,12,16-17,21-22,29H,3-4,7,11,13-15H2,(H,31,32)/b12-10+/t21-,22-/m0/s1. The molecular formula is C26H28N2O4S2. The highest BCUT2D eigenvalue weighted by atomic mass is 32.2. The highest BCUT2D eigenvalue weighted by Gasteiger charge is 2.28. The molecule has 2 heterocycles. The van der Waals surface area contributed by atoms with Gasteiger partial charge in [0.15, 0.2) is 10.0 Å². The van der Waals surface area contributed by atoms with Crippen LogP contribution < -0.4 is 0 Å². The van der Waals surface area contributed by atoms with Crippen LogP contribution in [-0.4, -0.2) is 56.4 Å². The molecule has 0 radical (unpaired) electrons. The van der Waals surface area contributed by atoms with Crippen LogP contribution in [0.1, 0.15) is 41.7 Å². The molecule has 1 aromatic heterocycles. The molecule has 0 saturated carbocycles. The Morgan fingerprint density at radius 2 is 2.09 bits per heavy atom. The number of aromatic nitrogens is 1. The van der Waals surface area contributed by atoms with Gasteiger partial charge in [0.2, 0.25) is 5.91 Å². The fraction of sp³-hybridized carbons (Fsp3) is 0.346. The maximum absolute atomic E-state index is 12.3. The van der Waals surface area contributed by atoms with Crippen LogP contribution in [0.25, 0.3) is 10.8 Å². The Morgan fingerprint density at radius 3 is 2.88 bits per heavy atom. The highest BCUT2D eigenvalue weighted by Crippen LogP contribution is 2.25. The van der Waals surface area contributed by atoms with E-state index in [1.54, 1.807) is 0 Å². The van der Waals surface area contributed by atoms with Crippen molar-refractivity contribution in [2.75, 3.05) is 12.3 Å². The number of amides is 1. The number of fused-ring (bicyclic) bond motifs is 1. The minimum Gasteiger partial charge on any atom is -0.476 e. The Kier molecular flexibility index (Phi) is 8.37. The lowest BCUT2D eigenvalue weighted by Gasteiger charge is -2.22. The number of carboxylic acids is 1. The molecule has 1 aliphatic rings. The van der Waals surface area contributed by atoms with E-state index in [2.05, 4.69) is 35.3 Å². The molecule has 0 unspecified atom stereocenters. The Bertz CT molecular complexity index is 1180. The van der Waals surface area contributed by atoms with Crippen molar-refractivity contribution in [2.24, 2.45) is 0 Å². The second-order valence-electron chi connectivity index (χ2n) is 8.37. The second-order valence-corrected chi connectivity index (χ2v) is 10.6. The molecule has 2 aromatic carbocycles. The van der Waals surface area contributed by atoms with Crippen molar-refractivity contribution in [1.29, 1.82) is 0 Å². The van der Waals surface area contributed by atoms with Gasteiger partial charge >= 0.3 is 5.97 Å². The molecule has 2 atom stereocenters. The third kappa shape index (κ3) is 6.46. The molecule has 4 rings (SSSR count). The summed E-state index contributed by atoms with van der Waals surface area (Å²) >= 11 is 2.76. The summed E-state index contributed by atoms with van der Waals surface area (Å²) in [6, 6.07) is 14.8. The van der Waals surface area contributed by atoms with Crippen molar-refractivity contribution < 1.29 is 19.8 Å². The molecule has 8 heteroatoms. The van der Waals surface area contributed by atoms with E-state index in [1.165, 1.54) is 44.8 Å². The first-order chi connectivity index (χ1) is 16.5. The Balaban J connectivity index is 1.22. The maximum Gasteiger partial charge on any atom is 0.355 e. The summed E-state index contributed by atoms with van der Waals surface area (Å²) in [6.45, 7) is 0.568. The predicted molar refractivity (Wildman–Crippen MR) is 137 cm³/mol. The molecular weight excluding hydrogens is 468 g/mol. The molecule has 6 nitrogen and oxygen atoms in total. The molecule has 0 spiro atoms. The number of benzene rings is 2. The molecule has 1 aliphatic heterocycles. The van der Waals surface area contributed by atoms with E-state index in [0.29, 0.717) is 29.5 Å². The first kappa shape index (κ1) is 24.4. The summed E-state index contributed by atoms with van der Waals surface area (Å²) in [4.78, 5) is 29.2. The van der Waals surface area contributed by atoms with Crippen LogP contribution in [0.15, 0.2) is 64.3 Å². The third-order valence-corrected chi connectivity index (χ3v) is 7.97. The number of rotatable bonds is 11. The van der Waals surface area contributed by atoms with Gasteiger partial charge in [0.1, 0.15) is 0 Å². The van der Waals surface area contributed by atoms with Crippen molar-refractivity contribution >= 4 is 45.7 Å². The minimum atomic E-state index is -1.03. The summed E-state index contributed by atoms with van der Waals surface area (Å²) in [7, 11) is 0. The van der Waals surface area contributed by atoms with E-state index in [-0.39, 0.29) is 17.6 Å². The molecule has 0 bridgehead atoms. The van der Waals surface area contributed by atoms with Gasteiger partial charge in [-0.1, -0.05) is 66.4 Å². The monoisotopic (exact) mass is 496 g/mol. The van der Waals surface area contributed by atoms with Gasteiger partial charge in [-0.2, -0.15) is 0 Å². The first-order valence-electron chi connectivity index (χ1n) is 11.4. The number of carbonyl (C=O) groups is 2. The number of carboxylic acid groups (broad SMARTS) is 1. The number of aliphatic hydroxyl groups excluding tert-OH is 1. The average Bonchev–Trinajstić information content (AvgIpc) is 3.45. The van der Waals surface area contributed by atoms with E-state index in [9.17, 15) is 14.7 Å². The number of thioether (sulfide) groups is 1. The summed E-state index contributed by atoms with van der Waals surface area (Å²) < 4.78 is 0.693. The number of thiazole rings is 1. The molecule has 3 aromatic rings. The number of hydrogen-bond acceptors (Lipinski definition) is 6. The van der Waals surface area contributed by atoms with E-state index < -0.39 is 12.1 Å². The predicted octanol–water partition coefficient (Wildman–Crippen LogP) is 5.02. The fourth-order valence-corrected chi connectivity index (χ4v) is 5.97. The third-order valence-electron chi connectivity index (χ3n) is 5.97. The summed E-state index contributed by atoms with van der Waals surface area (Å²) in [6.07, 6.45) is 7.00. The average molecular weight is 497 g/mol. The van der Waals surface area contributed by atoms with Crippen LogP contribution in [0.3, 0.4) is 0 Å². The number of aliphatic hydroxyl groups is 1. The van der Waals surface area contributed by atoms with E-state index in [4.69, 9.17) is 5.11 Å². The Labute approximate surface area is 207 Å².